The van der Waals surface area contributed by atoms with Crippen LogP contribution < -0.4 is 9.04 Å². The van der Waals surface area contributed by atoms with Crippen molar-refractivity contribution in [2.45, 2.75) is 30.0 Å². The van der Waals surface area contributed by atoms with Gasteiger partial charge in [-0.2, -0.15) is 18.2 Å². The number of benzene rings is 3. The minimum atomic E-state index is -4.79. The van der Waals surface area contributed by atoms with Crippen LogP contribution in [0.15, 0.2) is 70.1 Å². The Balaban J connectivity index is 1.57. The van der Waals surface area contributed by atoms with Crippen molar-refractivity contribution in [3.8, 4) is 28.6 Å². The van der Waals surface area contributed by atoms with Crippen LogP contribution in [0.2, 0.25) is 5.02 Å². The van der Waals surface area contributed by atoms with E-state index in [1.54, 1.807) is 0 Å². The van der Waals surface area contributed by atoms with Crippen LogP contribution in [0.25, 0.3) is 22.8 Å². The highest BCUT2D eigenvalue weighted by molar-refractivity contribution is 7.92. The highest BCUT2D eigenvalue weighted by Crippen LogP contribution is 2.41. The van der Waals surface area contributed by atoms with E-state index in [1.165, 1.54) is 30.3 Å². The highest BCUT2D eigenvalue weighted by Gasteiger charge is 2.37. The van der Waals surface area contributed by atoms with Crippen LogP contribution in [-0.4, -0.2) is 42.3 Å². The Labute approximate surface area is 235 Å². The van der Waals surface area contributed by atoms with Crippen LogP contribution in [0.4, 0.5) is 23.2 Å². The molecule has 0 bridgehead atoms. The van der Waals surface area contributed by atoms with Gasteiger partial charge < -0.3 is 14.4 Å². The van der Waals surface area contributed by atoms with Gasteiger partial charge in [-0.1, -0.05) is 28.9 Å². The SMILES string of the molecule is O=C(O)CC[C@@H]1CN(S(=O)(=O)c2cccc(C(F)(F)F)c2)c2cc(-c3noc(-c4c(F)cccc4Cl)n3)ccc2O1. The summed E-state index contributed by atoms with van der Waals surface area (Å²) in [7, 11) is -4.60. The summed E-state index contributed by atoms with van der Waals surface area (Å²) in [6.45, 7) is -0.384. The smallest absolute Gasteiger partial charge is 0.416 e. The number of alkyl halides is 3. The molecule has 5 rings (SSSR count). The van der Waals surface area contributed by atoms with Crippen molar-refractivity contribution in [3.63, 3.8) is 0 Å². The summed E-state index contributed by atoms with van der Waals surface area (Å²) in [5.41, 5.74) is -1.14. The van der Waals surface area contributed by atoms with E-state index in [2.05, 4.69) is 10.1 Å². The molecule has 3 aromatic carbocycles. The lowest BCUT2D eigenvalue weighted by molar-refractivity contribution is -0.138. The second kappa shape index (κ2) is 10.7. The molecule has 0 radical (unpaired) electrons. The number of aliphatic carboxylic acids is 1. The molecule has 1 aromatic heterocycles. The van der Waals surface area contributed by atoms with Crippen molar-refractivity contribution >= 4 is 33.3 Å². The molecule has 0 saturated heterocycles. The van der Waals surface area contributed by atoms with Crippen LogP contribution in [0.1, 0.15) is 18.4 Å². The number of sulfonamides is 1. The standard InChI is InChI=1S/C26H18ClF4N3O6S/c27-18-5-2-6-19(28)23(18)25-32-24(33-40-25)14-7-9-21-20(11-14)34(13-16(39-21)8-10-22(35)36)41(37,38)17-4-1-3-15(12-17)26(29,30)31/h1-7,9,11-12,16H,8,10,13H2,(H,35,36)/t16-/m1/s1. The predicted octanol–water partition coefficient (Wildman–Crippen LogP) is 6.04. The van der Waals surface area contributed by atoms with Crippen LogP contribution >= 0.6 is 11.6 Å². The van der Waals surface area contributed by atoms with Gasteiger partial charge in [-0.25, -0.2) is 12.8 Å². The molecule has 0 spiro atoms. The van der Waals surface area contributed by atoms with E-state index in [9.17, 15) is 30.8 Å². The average Bonchev–Trinajstić information content (AvgIpc) is 3.40. The number of hydrogen-bond acceptors (Lipinski definition) is 7. The molecule has 4 aromatic rings. The van der Waals surface area contributed by atoms with Crippen LogP contribution in [-0.2, 0) is 21.0 Å². The molecule has 0 saturated carbocycles. The summed E-state index contributed by atoms with van der Waals surface area (Å²) in [6, 6.07) is 11.4. The fourth-order valence-corrected chi connectivity index (χ4v) is 6.01. The van der Waals surface area contributed by atoms with E-state index >= 15 is 0 Å². The molecule has 1 atom stereocenters. The lowest BCUT2D eigenvalue weighted by Crippen LogP contribution is -2.43. The van der Waals surface area contributed by atoms with Gasteiger partial charge in [-0.15, -0.1) is 0 Å². The quantitative estimate of drug-likeness (QED) is 0.251. The Bertz CT molecular complexity index is 1720. The molecule has 0 aliphatic carbocycles. The maximum Gasteiger partial charge on any atom is 0.416 e. The first-order valence-electron chi connectivity index (χ1n) is 11.9. The summed E-state index contributed by atoms with van der Waals surface area (Å²) in [4.78, 5) is 14.7. The summed E-state index contributed by atoms with van der Waals surface area (Å²) in [6.07, 6.45) is -6.10. The fourth-order valence-electron chi connectivity index (χ4n) is 4.22. The zero-order valence-corrected chi connectivity index (χ0v) is 22.2. The number of rotatable bonds is 7. The molecular weight excluding hydrogens is 594 g/mol. The lowest BCUT2D eigenvalue weighted by Gasteiger charge is -2.35. The molecule has 1 aliphatic rings. The Morgan fingerprint density at radius 1 is 1.12 bits per heavy atom. The van der Waals surface area contributed by atoms with Crippen molar-refractivity contribution in [2.24, 2.45) is 0 Å². The van der Waals surface area contributed by atoms with Crippen molar-refractivity contribution in [1.29, 1.82) is 0 Å². The summed E-state index contributed by atoms with van der Waals surface area (Å²) < 4.78 is 93.7. The summed E-state index contributed by atoms with van der Waals surface area (Å²) in [5.74, 6) is -2.11. The molecule has 0 amide bonds. The van der Waals surface area contributed by atoms with Gasteiger partial charge in [-0.05, 0) is 55.0 Å². The van der Waals surface area contributed by atoms with Gasteiger partial charge in [0.05, 0.1) is 33.3 Å². The number of carboxylic acid groups (broad SMARTS) is 1. The number of aromatic nitrogens is 2. The fraction of sp³-hybridized carbons (Fsp3) is 0.192. The minimum absolute atomic E-state index is 0.0183. The Morgan fingerprint density at radius 2 is 1.88 bits per heavy atom. The molecular formula is C26H18ClF4N3O6S. The number of ether oxygens (including phenoxy) is 1. The van der Waals surface area contributed by atoms with Crippen molar-refractivity contribution in [1.82, 2.24) is 10.1 Å². The molecule has 214 valence electrons. The van der Waals surface area contributed by atoms with Crippen molar-refractivity contribution in [3.05, 3.63) is 77.1 Å². The normalized spacial score (nSPS) is 15.3. The molecule has 2 heterocycles. The van der Waals surface area contributed by atoms with Gasteiger partial charge in [0.25, 0.3) is 15.9 Å². The number of carboxylic acids is 1. The van der Waals surface area contributed by atoms with E-state index in [4.69, 9.17) is 26.0 Å². The van der Waals surface area contributed by atoms with Gasteiger partial charge in [0.1, 0.15) is 17.7 Å². The van der Waals surface area contributed by atoms with E-state index in [0.29, 0.717) is 6.07 Å². The molecule has 1 N–H and O–H groups in total. The van der Waals surface area contributed by atoms with Crippen molar-refractivity contribution < 1.29 is 45.1 Å². The third kappa shape index (κ3) is 5.70. The summed E-state index contributed by atoms with van der Waals surface area (Å²) >= 11 is 6.07. The molecule has 0 fully saturated rings. The topological polar surface area (TPSA) is 123 Å². The number of nitrogens with zero attached hydrogens (tertiary/aromatic N) is 3. The number of fused-ring (bicyclic) bond motifs is 1. The summed E-state index contributed by atoms with van der Waals surface area (Å²) in [5, 5.41) is 12.9. The lowest BCUT2D eigenvalue weighted by atomic mass is 10.1. The first kappa shape index (κ1) is 28.4. The predicted molar refractivity (Wildman–Crippen MR) is 137 cm³/mol. The first-order valence-corrected chi connectivity index (χ1v) is 13.7. The van der Waals surface area contributed by atoms with Crippen LogP contribution in [0.3, 0.4) is 0 Å². The second-order valence-corrected chi connectivity index (χ2v) is 11.2. The maximum absolute atomic E-state index is 14.4. The number of halogens is 5. The zero-order valence-electron chi connectivity index (χ0n) is 20.6. The molecule has 15 heteroatoms. The number of hydrogen-bond donors (Lipinski definition) is 1. The second-order valence-electron chi connectivity index (χ2n) is 8.94. The van der Waals surface area contributed by atoms with Gasteiger partial charge in [-0.3, -0.25) is 9.10 Å². The van der Waals surface area contributed by atoms with Gasteiger partial charge in [0, 0.05) is 12.0 Å². The van der Waals surface area contributed by atoms with Crippen LogP contribution in [0, 0.1) is 5.82 Å². The molecule has 9 nitrogen and oxygen atoms in total. The van der Waals surface area contributed by atoms with E-state index < -0.39 is 44.5 Å². The van der Waals surface area contributed by atoms with E-state index in [1.807, 2.05) is 0 Å². The number of anilines is 1. The average molecular weight is 612 g/mol. The minimum Gasteiger partial charge on any atom is -0.486 e. The largest absolute Gasteiger partial charge is 0.486 e. The Kier molecular flexibility index (Phi) is 7.38. The van der Waals surface area contributed by atoms with Gasteiger partial charge >= 0.3 is 12.1 Å². The van der Waals surface area contributed by atoms with Gasteiger partial charge in [0.2, 0.25) is 5.82 Å². The molecule has 41 heavy (non-hydrogen) atoms. The van der Waals surface area contributed by atoms with Gasteiger partial charge in [0.15, 0.2) is 0 Å². The highest BCUT2D eigenvalue weighted by atomic mass is 35.5. The number of carbonyl (C=O) groups is 1. The van der Waals surface area contributed by atoms with Crippen molar-refractivity contribution in [2.75, 3.05) is 10.8 Å². The maximum atomic E-state index is 14.4. The molecule has 0 unspecified atom stereocenters. The van der Waals surface area contributed by atoms with E-state index in [-0.39, 0.29) is 58.7 Å². The Hall–Kier alpha value is -4.17. The third-order valence-electron chi connectivity index (χ3n) is 6.18. The van der Waals surface area contributed by atoms with Crippen LogP contribution in [0.5, 0.6) is 5.75 Å². The zero-order chi connectivity index (χ0) is 29.5. The third-order valence-corrected chi connectivity index (χ3v) is 8.27. The Morgan fingerprint density at radius 3 is 2.59 bits per heavy atom. The first-order chi connectivity index (χ1) is 19.3. The monoisotopic (exact) mass is 611 g/mol. The molecule has 1 aliphatic heterocycles. The van der Waals surface area contributed by atoms with E-state index in [0.717, 1.165) is 28.6 Å².